The molecule has 2 aliphatic heterocycles. The largest absolute Gasteiger partial charge is 0.486 e. The second kappa shape index (κ2) is 8.86. The molecular weight excluding hydrogens is 420 g/mol. The van der Waals surface area contributed by atoms with Crippen molar-refractivity contribution in [2.75, 3.05) is 26.2 Å². The molecule has 8 nitrogen and oxygen atoms in total. The van der Waals surface area contributed by atoms with E-state index < -0.39 is 10.0 Å². The van der Waals surface area contributed by atoms with E-state index in [2.05, 4.69) is 5.32 Å². The molecule has 1 N–H and O–H groups in total. The Balaban J connectivity index is 1.41. The molecular formula is C22H26N2O6S. The van der Waals surface area contributed by atoms with E-state index in [0.717, 1.165) is 0 Å². The summed E-state index contributed by atoms with van der Waals surface area (Å²) >= 11 is 0. The second-order valence-corrected chi connectivity index (χ2v) is 9.75. The highest BCUT2D eigenvalue weighted by Crippen LogP contribution is 2.30. The number of hydrogen-bond acceptors (Lipinski definition) is 6. The van der Waals surface area contributed by atoms with Gasteiger partial charge in [-0.15, -0.1) is 0 Å². The summed E-state index contributed by atoms with van der Waals surface area (Å²) in [7, 11) is -3.72. The molecule has 0 aromatic heterocycles. The molecule has 0 aliphatic carbocycles. The molecule has 0 saturated carbocycles. The van der Waals surface area contributed by atoms with E-state index >= 15 is 0 Å². The van der Waals surface area contributed by atoms with Crippen LogP contribution in [0.15, 0.2) is 53.4 Å². The smallest absolute Gasteiger partial charge is 0.251 e. The van der Waals surface area contributed by atoms with Gasteiger partial charge in [0.05, 0.1) is 23.6 Å². The quantitative estimate of drug-likeness (QED) is 0.756. The molecule has 2 aromatic carbocycles. The highest BCUT2D eigenvalue weighted by atomic mass is 32.2. The van der Waals surface area contributed by atoms with E-state index in [1.807, 2.05) is 38.1 Å². The average molecular weight is 447 g/mol. The maximum atomic E-state index is 13.1. The fourth-order valence-electron chi connectivity index (χ4n) is 3.75. The maximum Gasteiger partial charge on any atom is 0.251 e. The number of rotatable bonds is 5. The monoisotopic (exact) mass is 446 g/mol. The Bertz CT molecular complexity index is 1050. The van der Waals surface area contributed by atoms with Gasteiger partial charge in [-0.05, 0) is 44.2 Å². The van der Waals surface area contributed by atoms with Gasteiger partial charge in [-0.2, -0.15) is 4.31 Å². The number of nitrogens with one attached hydrogen (secondary N) is 1. The average Bonchev–Trinajstić information content (AvgIpc) is 2.76. The second-order valence-electron chi connectivity index (χ2n) is 7.81. The number of carbonyl (C=O) groups is 1. The molecule has 0 radical (unpaired) electrons. The number of ether oxygens (including phenoxy) is 3. The molecule has 2 heterocycles. The minimum atomic E-state index is -3.72. The summed E-state index contributed by atoms with van der Waals surface area (Å²) in [5.74, 6) is 0.938. The molecule has 3 atom stereocenters. The molecule has 1 amide bonds. The molecule has 1 saturated heterocycles. The van der Waals surface area contributed by atoms with E-state index in [1.165, 1.54) is 16.4 Å². The summed E-state index contributed by atoms with van der Waals surface area (Å²) in [5, 5.41) is 2.80. The van der Waals surface area contributed by atoms with Crippen LogP contribution < -0.4 is 14.8 Å². The fourth-order valence-corrected chi connectivity index (χ4v) is 5.38. The predicted octanol–water partition coefficient (Wildman–Crippen LogP) is 2.05. The number of morpholine rings is 1. The zero-order valence-corrected chi connectivity index (χ0v) is 18.3. The lowest BCUT2D eigenvalue weighted by Gasteiger charge is -2.34. The zero-order chi connectivity index (χ0) is 22.0. The summed E-state index contributed by atoms with van der Waals surface area (Å²) in [6.45, 7) is 4.81. The number of hydrogen-bond donors (Lipinski definition) is 1. The van der Waals surface area contributed by atoms with Crippen LogP contribution in [0.25, 0.3) is 0 Å². The first-order valence-electron chi connectivity index (χ1n) is 10.3. The van der Waals surface area contributed by atoms with Gasteiger partial charge in [0.15, 0.2) is 11.5 Å². The van der Waals surface area contributed by atoms with Crippen molar-refractivity contribution in [2.45, 2.75) is 37.1 Å². The summed E-state index contributed by atoms with van der Waals surface area (Å²) < 4.78 is 44.7. The fraction of sp³-hybridized carbons (Fsp3) is 0.409. The van der Waals surface area contributed by atoms with Crippen molar-refractivity contribution in [3.05, 3.63) is 54.1 Å². The molecule has 0 unspecified atom stereocenters. The van der Waals surface area contributed by atoms with E-state index in [1.54, 1.807) is 12.1 Å². The third kappa shape index (κ3) is 4.84. The van der Waals surface area contributed by atoms with Crippen molar-refractivity contribution in [3.8, 4) is 11.5 Å². The van der Waals surface area contributed by atoms with Crippen molar-refractivity contribution in [1.82, 2.24) is 9.62 Å². The summed E-state index contributed by atoms with van der Waals surface area (Å²) in [6, 6.07) is 13.4. The van der Waals surface area contributed by atoms with Crippen LogP contribution in [0.3, 0.4) is 0 Å². The van der Waals surface area contributed by atoms with Crippen LogP contribution in [-0.2, 0) is 14.8 Å². The Morgan fingerprint density at radius 1 is 1.06 bits per heavy atom. The third-order valence-corrected chi connectivity index (χ3v) is 7.01. The Morgan fingerprint density at radius 2 is 1.77 bits per heavy atom. The van der Waals surface area contributed by atoms with Gasteiger partial charge < -0.3 is 19.5 Å². The third-order valence-electron chi connectivity index (χ3n) is 5.18. The number of sulfonamides is 1. The molecule has 2 aliphatic rings. The van der Waals surface area contributed by atoms with Gasteiger partial charge in [0.25, 0.3) is 5.91 Å². The minimum Gasteiger partial charge on any atom is -0.486 e. The van der Waals surface area contributed by atoms with Gasteiger partial charge in [-0.3, -0.25) is 4.79 Å². The number of benzene rings is 2. The van der Waals surface area contributed by atoms with Crippen molar-refractivity contribution in [3.63, 3.8) is 0 Å². The van der Waals surface area contributed by atoms with E-state index in [9.17, 15) is 13.2 Å². The van der Waals surface area contributed by atoms with Crippen molar-refractivity contribution in [1.29, 1.82) is 0 Å². The topological polar surface area (TPSA) is 94.2 Å². The van der Waals surface area contributed by atoms with E-state index in [4.69, 9.17) is 14.2 Å². The maximum absolute atomic E-state index is 13.1. The molecule has 0 bridgehead atoms. The first kappa shape index (κ1) is 21.6. The van der Waals surface area contributed by atoms with Crippen LogP contribution in [0.4, 0.5) is 0 Å². The Kier molecular flexibility index (Phi) is 6.17. The first-order chi connectivity index (χ1) is 14.8. The molecule has 9 heteroatoms. The lowest BCUT2D eigenvalue weighted by atomic mass is 10.2. The normalized spacial score (nSPS) is 23.9. The van der Waals surface area contributed by atoms with Crippen molar-refractivity contribution in [2.24, 2.45) is 0 Å². The number of nitrogens with zero attached hydrogens (tertiary/aromatic N) is 1. The van der Waals surface area contributed by atoms with Gasteiger partial charge in [0, 0.05) is 18.7 Å². The number of fused-ring (bicyclic) bond motifs is 1. The van der Waals surface area contributed by atoms with Crippen molar-refractivity contribution >= 4 is 15.9 Å². The lowest BCUT2D eigenvalue weighted by Crippen LogP contribution is -2.48. The van der Waals surface area contributed by atoms with Gasteiger partial charge >= 0.3 is 0 Å². The van der Waals surface area contributed by atoms with Crippen molar-refractivity contribution < 1.29 is 27.4 Å². The van der Waals surface area contributed by atoms with Gasteiger partial charge in [-0.1, -0.05) is 18.2 Å². The van der Waals surface area contributed by atoms with Crippen LogP contribution in [0, 0.1) is 0 Å². The summed E-state index contributed by atoms with van der Waals surface area (Å²) in [6.07, 6.45) is -0.706. The minimum absolute atomic E-state index is 0.0904. The van der Waals surface area contributed by atoms with Crippen LogP contribution in [0.1, 0.15) is 24.2 Å². The number of amides is 1. The molecule has 31 heavy (non-hydrogen) atoms. The van der Waals surface area contributed by atoms with Crippen LogP contribution in [0.5, 0.6) is 11.5 Å². The predicted molar refractivity (Wildman–Crippen MR) is 114 cm³/mol. The molecule has 166 valence electrons. The Morgan fingerprint density at radius 3 is 2.52 bits per heavy atom. The van der Waals surface area contributed by atoms with Crippen LogP contribution >= 0.6 is 0 Å². The standard InChI is InChI=1S/C22H26N2O6S/c1-15-12-24(13-16(2)29-15)31(26,27)19-7-5-6-17(10-19)22(25)23-11-18-14-28-20-8-3-4-9-21(20)30-18/h3-10,15-16,18H,11-14H2,1-2H3,(H,23,25)/t15-,16+,18-/m0/s1. The van der Waals surface area contributed by atoms with E-state index in [0.29, 0.717) is 18.1 Å². The zero-order valence-electron chi connectivity index (χ0n) is 17.5. The molecule has 2 aromatic rings. The molecule has 0 spiro atoms. The molecule has 1 fully saturated rings. The Labute approximate surface area is 182 Å². The van der Waals surface area contributed by atoms with Crippen LogP contribution in [0.2, 0.25) is 0 Å². The molecule has 4 rings (SSSR count). The highest BCUT2D eigenvalue weighted by molar-refractivity contribution is 7.89. The highest BCUT2D eigenvalue weighted by Gasteiger charge is 2.32. The lowest BCUT2D eigenvalue weighted by molar-refractivity contribution is -0.0440. The summed E-state index contributed by atoms with van der Waals surface area (Å²) in [5.41, 5.74) is 0.271. The van der Waals surface area contributed by atoms with Crippen LogP contribution in [-0.4, -0.2) is 63.2 Å². The SMILES string of the molecule is C[C@@H]1CN(S(=O)(=O)c2cccc(C(=O)NC[C@H]3COc4ccccc4O3)c2)C[C@H](C)O1. The first-order valence-corrected chi connectivity index (χ1v) is 11.7. The van der Waals surface area contributed by atoms with Gasteiger partial charge in [0.1, 0.15) is 12.7 Å². The van der Waals surface area contributed by atoms with Gasteiger partial charge in [0.2, 0.25) is 10.0 Å². The van der Waals surface area contributed by atoms with E-state index in [-0.39, 0.29) is 54.3 Å². The Hall–Kier alpha value is -2.62. The van der Waals surface area contributed by atoms with Gasteiger partial charge in [-0.25, -0.2) is 8.42 Å². The summed E-state index contributed by atoms with van der Waals surface area (Å²) in [4.78, 5) is 12.7. The number of carbonyl (C=O) groups excluding carboxylic acids is 1. The number of para-hydroxylation sites is 2.